The molecule has 2 amide bonds. The number of hydrogen-bond donors (Lipinski definition) is 2. The minimum absolute atomic E-state index is 0.115. The highest BCUT2D eigenvalue weighted by Gasteiger charge is 2.32. The van der Waals surface area contributed by atoms with E-state index in [1.54, 1.807) is 0 Å². The second-order valence-corrected chi connectivity index (χ2v) is 4.45. The van der Waals surface area contributed by atoms with Crippen LogP contribution in [0.15, 0.2) is 24.3 Å². The first-order valence-electron chi connectivity index (χ1n) is 5.99. The van der Waals surface area contributed by atoms with E-state index in [0.717, 1.165) is 11.1 Å². The van der Waals surface area contributed by atoms with Crippen molar-refractivity contribution in [2.24, 2.45) is 11.5 Å². The van der Waals surface area contributed by atoms with Gasteiger partial charge in [0.25, 0.3) is 0 Å². The Morgan fingerprint density at radius 1 is 1.28 bits per heavy atom. The van der Waals surface area contributed by atoms with Crippen molar-refractivity contribution >= 4 is 11.8 Å². The van der Waals surface area contributed by atoms with Gasteiger partial charge in [0.15, 0.2) is 0 Å². The Labute approximate surface area is 106 Å². The molecule has 1 aliphatic heterocycles. The Morgan fingerprint density at radius 2 is 1.94 bits per heavy atom. The number of carbonyl (C=O) groups excluding carboxylic acids is 2. The van der Waals surface area contributed by atoms with E-state index in [0.29, 0.717) is 13.0 Å². The number of amides is 2. The van der Waals surface area contributed by atoms with Gasteiger partial charge < -0.3 is 16.4 Å². The summed E-state index contributed by atoms with van der Waals surface area (Å²) < 4.78 is 0. The third-order valence-corrected chi connectivity index (χ3v) is 3.26. The standard InChI is InChI=1S/C13H17N3O2/c14-6-5-12(17)16-8-10-4-2-1-3-9(10)7-11(16)13(15)18/h1-4,11H,5-8,14H2,(H2,15,18). The molecule has 1 unspecified atom stereocenters. The number of rotatable bonds is 3. The van der Waals surface area contributed by atoms with E-state index in [-0.39, 0.29) is 18.9 Å². The van der Waals surface area contributed by atoms with E-state index < -0.39 is 11.9 Å². The van der Waals surface area contributed by atoms with Crippen molar-refractivity contribution in [1.82, 2.24) is 4.90 Å². The van der Waals surface area contributed by atoms with Crippen molar-refractivity contribution in [3.8, 4) is 0 Å². The molecule has 96 valence electrons. The van der Waals surface area contributed by atoms with E-state index in [4.69, 9.17) is 11.5 Å². The molecule has 1 atom stereocenters. The highest BCUT2D eigenvalue weighted by Crippen LogP contribution is 2.23. The van der Waals surface area contributed by atoms with Crippen molar-refractivity contribution in [2.45, 2.75) is 25.4 Å². The smallest absolute Gasteiger partial charge is 0.240 e. The van der Waals surface area contributed by atoms with Gasteiger partial charge >= 0.3 is 0 Å². The van der Waals surface area contributed by atoms with E-state index in [2.05, 4.69) is 0 Å². The lowest BCUT2D eigenvalue weighted by Crippen LogP contribution is -2.51. The first kappa shape index (κ1) is 12.6. The van der Waals surface area contributed by atoms with Gasteiger partial charge in [-0.2, -0.15) is 0 Å². The Morgan fingerprint density at radius 3 is 2.56 bits per heavy atom. The minimum Gasteiger partial charge on any atom is -0.368 e. The molecule has 1 heterocycles. The second kappa shape index (κ2) is 5.18. The van der Waals surface area contributed by atoms with Crippen LogP contribution in [0.4, 0.5) is 0 Å². The molecule has 4 N–H and O–H groups in total. The van der Waals surface area contributed by atoms with Crippen LogP contribution in [0.2, 0.25) is 0 Å². The summed E-state index contributed by atoms with van der Waals surface area (Å²) in [5, 5.41) is 0. The number of benzene rings is 1. The molecule has 0 spiro atoms. The topological polar surface area (TPSA) is 89.4 Å². The summed E-state index contributed by atoms with van der Waals surface area (Å²) >= 11 is 0. The lowest BCUT2D eigenvalue weighted by Gasteiger charge is -2.35. The fourth-order valence-electron chi connectivity index (χ4n) is 2.31. The van der Waals surface area contributed by atoms with Gasteiger partial charge in [-0.3, -0.25) is 9.59 Å². The van der Waals surface area contributed by atoms with Crippen LogP contribution in [0.3, 0.4) is 0 Å². The summed E-state index contributed by atoms with van der Waals surface area (Å²) in [7, 11) is 0. The van der Waals surface area contributed by atoms with Crippen LogP contribution in [-0.4, -0.2) is 29.3 Å². The zero-order valence-corrected chi connectivity index (χ0v) is 10.1. The van der Waals surface area contributed by atoms with E-state index in [1.807, 2.05) is 24.3 Å². The van der Waals surface area contributed by atoms with Gasteiger partial charge in [-0.05, 0) is 11.1 Å². The summed E-state index contributed by atoms with van der Waals surface area (Å²) in [6, 6.07) is 7.23. The van der Waals surface area contributed by atoms with Gasteiger partial charge in [0.1, 0.15) is 6.04 Å². The van der Waals surface area contributed by atoms with Crippen LogP contribution in [-0.2, 0) is 22.6 Å². The van der Waals surface area contributed by atoms with Crippen LogP contribution < -0.4 is 11.5 Å². The van der Waals surface area contributed by atoms with Gasteiger partial charge in [0.05, 0.1) is 0 Å². The molecular formula is C13H17N3O2. The maximum atomic E-state index is 12.0. The monoisotopic (exact) mass is 247 g/mol. The third-order valence-electron chi connectivity index (χ3n) is 3.26. The van der Waals surface area contributed by atoms with E-state index >= 15 is 0 Å². The fourth-order valence-corrected chi connectivity index (χ4v) is 2.31. The number of carbonyl (C=O) groups is 2. The van der Waals surface area contributed by atoms with Crippen LogP contribution in [0.25, 0.3) is 0 Å². The highest BCUT2D eigenvalue weighted by molar-refractivity contribution is 5.87. The largest absolute Gasteiger partial charge is 0.368 e. The molecule has 1 aromatic rings. The normalized spacial score (nSPS) is 18.3. The third kappa shape index (κ3) is 2.36. The second-order valence-electron chi connectivity index (χ2n) is 4.45. The lowest BCUT2D eigenvalue weighted by atomic mass is 9.93. The van der Waals surface area contributed by atoms with Crippen molar-refractivity contribution < 1.29 is 9.59 Å². The quantitative estimate of drug-likeness (QED) is 0.773. The summed E-state index contributed by atoms with van der Waals surface area (Å²) in [5.41, 5.74) is 12.9. The zero-order valence-electron chi connectivity index (χ0n) is 10.1. The molecule has 18 heavy (non-hydrogen) atoms. The Kier molecular flexibility index (Phi) is 3.62. The SMILES string of the molecule is NCCC(=O)N1Cc2ccccc2CC1C(N)=O. The Hall–Kier alpha value is -1.88. The summed E-state index contributed by atoms with van der Waals surface area (Å²) in [5.74, 6) is -0.578. The Balaban J connectivity index is 2.28. The number of nitrogens with two attached hydrogens (primary N) is 2. The molecule has 1 aromatic carbocycles. The average Bonchev–Trinajstić information content (AvgIpc) is 2.37. The van der Waals surface area contributed by atoms with Crippen LogP contribution in [0.5, 0.6) is 0 Å². The summed E-state index contributed by atoms with van der Waals surface area (Å²) in [4.78, 5) is 25.0. The van der Waals surface area contributed by atoms with Gasteiger partial charge in [0, 0.05) is 25.9 Å². The number of primary amides is 1. The molecule has 1 aliphatic rings. The van der Waals surface area contributed by atoms with Crippen molar-refractivity contribution in [3.05, 3.63) is 35.4 Å². The molecule has 0 saturated heterocycles. The lowest BCUT2D eigenvalue weighted by molar-refractivity contribution is -0.140. The molecule has 0 saturated carbocycles. The van der Waals surface area contributed by atoms with Gasteiger partial charge in [-0.25, -0.2) is 0 Å². The van der Waals surface area contributed by atoms with Crippen LogP contribution in [0.1, 0.15) is 17.5 Å². The molecule has 0 aliphatic carbocycles. The van der Waals surface area contributed by atoms with Crippen molar-refractivity contribution in [2.75, 3.05) is 6.54 Å². The predicted octanol–water partition coefficient (Wildman–Crippen LogP) is -0.226. The average molecular weight is 247 g/mol. The fraction of sp³-hybridized carbons (Fsp3) is 0.385. The van der Waals surface area contributed by atoms with Crippen LogP contribution >= 0.6 is 0 Å². The van der Waals surface area contributed by atoms with Gasteiger partial charge in [0.2, 0.25) is 11.8 Å². The number of fused-ring (bicyclic) bond motifs is 1. The molecule has 5 nitrogen and oxygen atoms in total. The van der Waals surface area contributed by atoms with Gasteiger partial charge in [-0.1, -0.05) is 24.3 Å². The van der Waals surface area contributed by atoms with E-state index in [9.17, 15) is 9.59 Å². The molecule has 0 fully saturated rings. The zero-order chi connectivity index (χ0) is 13.1. The maximum absolute atomic E-state index is 12.0. The van der Waals surface area contributed by atoms with Crippen molar-refractivity contribution in [3.63, 3.8) is 0 Å². The van der Waals surface area contributed by atoms with Crippen molar-refractivity contribution in [1.29, 1.82) is 0 Å². The summed E-state index contributed by atoms with van der Waals surface area (Å²) in [6.07, 6.45) is 0.730. The maximum Gasteiger partial charge on any atom is 0.240 e. The molecule has 2 rings (SSSR count). The molecule has 5 heteroatoms. The minimum atomic E-state index is -0.557. The Bertz CT molecular complexity index is 473. The molecular weight excluding hydrogens is 230 g/mol. The molecule has 0 aromatic heterocycles. The highest BCUT2D eigenvalue weighted by atomic mass is 16.2. The van der Waals surface area contributed by atoms with Gasteiger partial charge in [-0.15, -0.1) is 0 Å². The van der Waals surface area contributed by atoms with E-state index in [1.165, 1.54) is 4.90 Å². The summed E-state index contributed by atoms with van der Waals surface area (Å²) in [6.45, 7) is 0.713. The molecule has 0 radical (unpaired) electrons. The molecule has 0 bridgehead atoms. The number of hydrogen-bond acceptors (Lipinski definition) is 3. The van der Waals surface area contributed by atoms with Crippen LogP contribution in [0, 0.1) is 0 Å². The number of nitrogens with zero attached hydrogens (tertiary/aromatic N) is 1. The first-order valence-corrected chi connectivity index (χ1v) is 5.99. The first-order chi connectivity index (χ1) is 8.63. The predicted molar refractivity (Wildman–Crippen MR) is 67.3 cm³/mol.